The molecule has 134 valence electrons. The van der Waals surface area contributed by atoms with Crippen LogP contribution in [0.4, 0.5) is 0 Å². The monoisotopic (exact) mass is 382 g/mol. The van der Waals surface area contributed by atoms with E-state index in [0.717, 1.165) is 5.56 Å². The molecule has 25 heavy (non-hydrogen) atoms. The summed E-state index contributed by atoms with van der Waals surface area (Å²) in [6.45, 7) is 0.0830. The smallest absolute Gasteiger partial charge is 0.241 e. The van der Waals surface area contributed by atoms with Gasteiger partial charge in [0.2, 0.25) is 15.9 Å². The van der Waals surface area contributed by atoms with Crippen molar-refractivity contribution in [3.8, 4) is 5.75 Å². The van der Waals surface area contributed by atoms with Gasteiger partial charge in [-0.05, 0) is 48.4 Å². The summed E-state index contributed by atoms with van der Waals surface area (Å²) in [6.07, 6.45) is 0.633. The summed E-state index contributed by atoms with van der Waals surface area (Å²) < 4.78 is 31.5. The molecule has 0 aromatic heterocycles. The van der Waals surface area contributed by atoms with Gasteiger partial charge in [-0.1, -0.05) is 23.7 Å². The lowest BCUT2D eigenvalue weighted by atomic mass is 10.1. The zero-order valence-corrected chi connectivity index (χ0v) is 15.2. The van der Waals surface area contributed by atoms with E-state index in [1.165, 1.54) is 19.2 Å². The van der Waals surface area contributed by atoms with Gasteiger partial charge in [0.05, 0.1) is 18.6 Å². The first kappa shape index (κ1) is 19.2. The Morgan fingerprint density at radius 1 is 1.08 bits per heavy atom. The maximum absolute atomic E-state index is 12.1. The molecule has 0 spiro atoms. The van der Waals surface area contributed by atoms with Crippen LogP contribution in [0.3, 0.4) is 0 Å². The number of nitrogens with one attached hydrogen (secondary N) is 2. The van der Waals surface area contributed by atoms with E-state index in [9.17, 15) is 13.2 Å². The average molecular weight is 383 g/mol. The van der Waals surface area contributed by atoms with Crippen LogP contribution in [0.15, 0.2) is 53.4 Å². The summed E-state index contributed by atoms with van der Waals surface area (Å²) in [5, 5.41) is 3.32. The van der Waals surface area contributed by atoms with Gasteiger partial charge in [0.1, 0.15) is 5.75 Å². The minimum absolute atomic E-state index is 0.0715. The van der Waals surface area contributed by atoms with Crippen molar-refractivity contribution >= 4 is 27.5 Å². The van der Waals surface area contributed by atoms with Crippen molar-refractivity contribution in [1.29, 1.82) is 0 Å². The third-order valence-corrected chi connectivity index (χ3v) is 5.11. The summed E-state index contributed by atoms with van der Waals surface area (Å²) in [5.41, 5.74) is 1.03. The second-order valence-electron chi connectivity index (χ2n) is 5.23. The van der Waals surface area contributed by atoms with E-state index in [1.54, 1.807) is 24.3 Å². The quantitative estimate of drug-likeness (QED) is 0.731. The van der Waals surface area contributed by atoms with Crippen LogP contribution in [0.1, 0.15) is 5.56 Å². The molecule has 0 atom stereocenters. The number of benzene rings is 2. The zero-order chi connectivity index (χ0) is 18.3. The molecule has 0 fully saturated rings. The highest BCUT2D eigenvalue weighted by Gasteiger charge is 2.15. The van der Waals surface area contributed by atoms with E-state index >= 15 is 0 Å². The van der Waals surface area contributed by atoms with Gasteiger partial charge in [-0.3, -0.25) is 4.79 Å². The van der Waals surface area contributed by atoms with Crippen molar-refractivity contribution in [3.05, 3.63) is 59.1 Å². The number of hydrogen-bond acceptors (Lipinski definition) is 4. The highest BCUT2D eigenvalue weighted by atomic mass is 35.5. The molecule has 2 N–H and O–H groups in total. The molecule has 1 amide bonds. The number of hydrogen-bond donors (Lipinski definition) is 2. The Hall–Kier alpha value is -2.09. The number of sulfonamides is 1. The van der Waals surface area contributed by atoms with Crippen LogP contribution in [0.25, 0.3) is 0 Å². The third kappa shape index (κ3) is 6.04. The molecule has 0 aliphatic heterocycles. The molecule has 0 radical (unpaired) electrons. The molecule has 2 aromatic rings. The summed E-state index contributed by atoms with van der Waals surface area (Å²) in [4.78, 5) is 11.9. The molecule has 2 aromatic carbocycles. The maximum atomic E-state index is 12.1. The predicted molar refractivity (Wildman–Crippen MR) is 96.3 cm³/mol. The minimum atomic E-state index is -3.74. The fourth-order valence-electron chi connectivity index (χ4n) is 2.06. The third-order valence-electron chi connectivity index (χ3n) is 3.44. The fraction of sp³-hybridized carbons (Fsp3) is 0.235. The molecule has 0 saturated heterocycles. The van der Waals surface area contributed by atoms with Crippen molar-refractivity contribution in [2.45, 2.75) is 11.3 Å². The highest BCUT2D eigenvalue weighted by molar-refractivity contribution is 7.89. The molecule has 0 aliphatic rings. The first-order valence-electron chi connectivity index (χ1n) is 7.55. The molecule has 0 unspecified atom stereocenters. The van der Waals surface area contributed by atoms with Gasteiger partial charge in [0, 0.05) is 11.6 Å². The van der Waals surface area contributed by atoms with Gasteiger partial charge in [-0.25, -0.2) is 13.1 Å². The number of rotatable bonds is 8. The van der Waals surface area contributed by atoms with Gasteiger partial charge in [-0.2, -0.15) is 0 Å². The van der Waals surface area contributed by atoms with Crippen LogP contribution in [-0.2, 0) is 21.2 Å². The van der Waals surface area contributed by atoms with E-state index in [0.29, 0.717) is 23.7 Å². The number of carbonyl (C=O) groups is 1. The van der Waals surface area contributed by atoms with Crippen LogP contribution < -0.4 is 14.8 Å². The fourth-order valence-corrected chi connectivity index (χ4v) is 3.17. The first-order valence-corrected chi connectivity index (χ1v) is 9.42. The van der Waals surface area contributed by atoms with Gasteiger partial charge < -0.3 is 10.1 Å². The van der Waals surface area contributed by atoms with Gasteiger partial charge in [0.25, 0.3) is 0 Å². The lowest BCUT2D eigenvalue weighted by Crippen LogP contribution is -2.37. The molecule has 0 saturated carbocycles. The van der Waals surface area contributed by atoms with Gasteiger partial charge >= 0.3 is 0 Å². The SMILES string of the molecule is COc1ccc(S(=O)(=O)NCC(=O)NCCc2ccc(Cl)cc2)cc1. The predicted octanol–water partition coefficient (Wildman–Crippen LogP) is 1.99. The number of ether oxygens (including phenoxy) is 1. The standard InChI is InChI=1S/C17H19ClN2O4S/c1-24-15-6-8-16(9-7-15)25(22,23)20-12-17(21)19-11-10-13-2-4-14(18)5-3-13/h2-9,20H,10-12H2,1H3,(H,19,21). The second-order valence-corrected chi connectivity index (χ2v) is 7.43. The summed E-state index contributed by atoms with van der Waals surface area (Å²) in [6, 6.07) is 13.2. The largest absolute Gasteiger partial charge is 0.497 e. The average Bonchev–Trinajstić information content (AvgIpc) is 2.62. The molecular weight excluding hydrogens is 364 g/mol. The molecule has 6 nitrogen and oxygen atoms in total. The summed E-state index contributed by atoms with van der Waals surface area (Å²) >= 11 is 5.81. The molecule has 8 heteroatoms. The highest BCUT2D eigenvalue weighted by Crippen LogP contribution is 2.15. The van der Waals surface area contributed by atoms with E-state index in [2.05, 4.69) is 10.0 Å². The van der Waals surface area contributed by atoms with Crippen molar-refractivity contribution in [2.75, 3.05) is 20.2 Å². The number of carbonyl (C=O) groups excluding carboxylic acids is 1. The van der Waals surface area contributed by atoms with Crippen LogP contribution in [0.2, 0.25) is 5.02 Å². The van der Waals surface area contributed by atoms with E-state index in [1.807, 2.05) is 12.1 Å². The van der Waals surface area contributed by atoms with Gasteiger partial charge in [0.15, 0.2) is 0 Å². The number of halogens is 1. The van der Waals surface area contributed by atoms with Crippen LogP contribution in [0, 0.1) is 0 Å². The minimum Gasteiger partial charge on any atom is -0.497 e. The van der Waals surface area contributed by atoms with Crippen molar-refractivity contribution in [1.82, 2.24) is 10.0 Å². The summed E-state index contributed by atoms with van der Waals surface area (Å²) in [7, 11) is -2.25. The number of amides is 1. The van der Waals surface area contributed by atoms with Crippen molar-refractivity contribution < 1.29 is 17.9 Å². The Balaban J connectivity index is 1.79. The summed E-state index contributed by atoms with van der Waals surface area (Å²) in [5.74, 6) is 0.157. The Bertz CT molecular complexity index is 806. The Kier molecular flexibility index (Phi) is 6.81. The maximum Gasteiger partial charge on any atom is 0.241 e. The number of methoxy groups -OCH3 is 1. The van der Waals surface area contributed by atoms with Crippen LogP contribution >= 0.6 is 11.6 Å². The van der Waals surface area contributed by atoms with Gasteiger partial charge in [-0.15, -0.1) is 0 Å². The molecule has 0 aliphatic carbocycles. The van der Waals surface area contributed by atoms with E-state index in [-0.39, 0.29) is 11.4 Å². The van der Waals surface area contributed by atoms with Crippen molar-refractivity contribution in [2.24, 2.45) is 0 Å². The Morgan fingerprint density at radius 2 is 1.72 bits per heavy atom. The first-order chi connectivity index (χ1) is 11.9. The van der Waals surface area contributed by atoms with Crippen molar-refractivity contribution in [3.63, 3.8) is 0 Å². The molecule has 0 bridgehead atoms. The molecule has 0 heterocycles. The topological polar surface area (TPSA) is 84.5 Å². The lowest BCUT2D eigenvalue weighted by molar-refractivity contribution is -0.119. The molecule has 2 rings (SSSR count). The second kappa shape index (κ2) is 8.84. The zero-order valence-electron chi connectivity index (χ0n) is 13.7. The van der Waals surface area contributed by atoms with Crippen LogP contribution in [-0.4, -0.2) is 34.5 Å². The van der Waals surface area contributed by atoms with E-state index < -0.39 is 15.9 Å². The Morgan fingerprint density at radius 3 is 2.32 bits per heavy atom. The van der Waals surface area contributed by atoms with Crippen LogP contribution in [0.5, 0.6) is 5.75 Å². The lowest BCUT2D eigenvalue weighted by Gasteiger charge is -2.08. The molecular formula is C17H19ClN2O4S. The normalized spacial score (nSPS) is 11.1. The van der Waals surface area contributed by atoms with E-state index in [4.69, 9.17) is 16.3 Å². The Labute approximate surface area is 152 Å².